The minimum Gasteiger partial charge on any atom is -0.480 e. The number of alkyl carbamates (subject to hydrolysis) is 1. The first kappa shape index (κ1) is 30.6. The minimum atomic E-state index is -1.40. The van der Waals surface area contributed by atoms with E-state index in [0.29, 0.717) is 12.8 Å². The maximum atomic E-state index is 13.4. The highest BCUT2D eigenvalue weighted by atomic mass is 16.6. The summed E-state index contributed by atoms with van der Waals surface area (Å²) < 4.78 is 10.5. The third-order valence-electron chi connectivity index (χ3n) is 5.83. The molecule has 1 fully saturated rings. The number of nitrogens with zero attached hydrogens (tertiary/aromatic N) is 1. The van der Waals surface area contributed by atoms with Crippen molar-refractivity contribution in [3.63, 3.8) is 0 Å². The topological polar surface area (TPSA) is 151 Å². The summed E-state index contributed by atoms with van der Waals surface area (Å²) in [7, 11) is 0. The number of aliphatic carboxylic acids is 1. The number of esters is 1. The summed E-state index contributed by atoms with van der Waals surface area (Å²) in [5.41, 5.74) is -0.895. The van der Waals surface area contributed by atoms with Gasteiger partial charge in [0.1, 0.15) is 30.3 Å². The lowest BCUT2D eigenvalue weighted by molar-refractivity contribution is -0.156. The molecule has 0 aromatic heterocycles. The van der Waals surface area contributed by atoms with Crippen LogP contribution in [0.15, 0.2) is 30.3 Å². The van der Waals surface area contributed by atoms with Gasteiger partial charge in [-0.2, -0.15) is 0 Å². The Labute approximate surface area is 223 Å². The molecule has 210 valence electrons. The molecule has 2 rings (SSSR count). The Kier molecular flexibility index (Phi) is 10.3. The van der Waals surface area contributed by atoms with Gasteiger partial charge in [0, 0.05) is 6.54 Å². The van der Waals surface area contributed by atoms with Crippen molar-refractivity contribution in [3.8, 4) is 0 Å². The molecule has 1 heterocycles. The van der Waals surface area contributed by atoms with Crippen molar-refractivity contribution in [1.29, 1.82) is 0 Å². The predicted octanol–water partition coefficient (Wildman–Crippen LogP) is 2.62. The molecule has 3 N–H and O–H groups in total. The van der Waals surface area contributed by atoms with Gasteiger partial charge in [-0.15, -0.1) is 0 Å². The number of nitrogens with one attached hydrogen (secondary N) is 2. The molecular weight excluding hydrogens is 494 g/mol. The number of carbonyl (C=O) groups excluding carboxylic acids is 4. The summed E-state index contributed by atoms with van der Waals surface area (Å²) in [6.07, 6.45) is -0.580. The van der Waals surface area contributed by atoms with Crippen molar-refractivity contribution in [1.82, 2.24) is 15.5 Å². The number of carboxylic acid groups (broad SMARTS) is 1. The Hall–Kier alpha value is -3.63. The monoisotopic (exact) mass is 533 g/mol. The van der Waals surface area contributed by atoms with Gasteiger partial charge in [0.25, 0.3) is 0 Å². The number of carbonyl (C=O) groups is 5. The summed E-state index contributed by atoms with van der Waals surface area (Å²) in [4.78, 5) is 64.7. The summed E-state index contributed by atoms with van der Waals surface area (Å²) in [6, 6.07) is 5.42. The number of likely N-dealkylation sites (tertiary alicyclic amines) is 1. The standard InChI is InChI=1S/C27H39N3O8/c1-26(2,3)21(23(33)30-14-10-13-19(30)24(34)35)29-22(32)18(15-20(31)38-27(4,5)6)28-25(36)37-16-17-11-8-7-9-12-17/h7-9,11-12,18-19,21H,10,13-16H2,1-6H3,(H,28,36)(H,29,32)(H,34,35)/t18-,19+,21+/m0/s1. The Balaban J connectivity index is 2.21. The van der Waals surface area contributed by atoms with E-state index in [0.717, 1.165) is 5.56 Å². The van der Waals surface area contributed by atoms with Crippen LogP contribution >= 0.6 is 0 Å². The second-order valence-electron chi connectivity index (χ2n) is 11.4. The van der Waals surface area contributed by atoms with Crippen molar-refractivity contribution in [2.45, 2.75) is 91.1 Å². The molecule has 1 aromatic rings. The molecule has 0 aliphatic carbocycles. The minimum absolute atomic E-state index is 0.0535. The van der Waals surface area contributed by atoms with Crippen LogP contribution in [0.4, 0.5) is 4.79 Å². The quantitative estimate of drug-likeness (QED) is 0.410. The van der Waals surface area contributed by atoms with Crippen LogP contribution in [0.2, 0.25) is 0 Å². The first-order valence-electron chi connectivity index (χ1n) is 12.6. The van der Waals surface area contributed by atoms with Gasteiger partial charge in [-0.25, -0.2) is 9.59 Å². The Bertz CT molecular complexity index is 1010. The van der Waals surface area contributed by atoms with Crippen molar-refractivity contribution >= 4 is 29.8 Å². The van der Waals surface area contributed by atoms with Crippen LogP contribution in [0.25, 0.3) is 0 Å². The number of rotatable bonds is 9. The highest BCUT2D eigenvalue weighted by Crippen LogP contribution is 2.26. The van der Waals surface area contributed by atoms with E-state index in [-0.39, 0.29) is 13.2 Å². The number of amides is 3. The number of ether oxygens (including phenoxy) is 2. The van der Waals surface area contributed by atoms with Gasteiger partial charge in [0.15, 0.2) is 0 Å². The van der Waals surface area contributed by atoms with Crippen LogP contribution in [-0.4, -0.2) is 70.1 Å². The van der Waals surface area contributed by atoms with Gasteiger partial charge in [0.05, 0.1) is 6.42 Å². The number of benzene rings is 1. The lowest BCUT2D eigenvalue weighted by Crippen LogP contribution is -2.60. The molecule has 3 atom stereocenters. The van der Waals surface area contributed by atoms with Gasteiger partial charge in [-0.05, 0) is 44.6 Å². The number of hydrogen-bond donors (Lipinski definition) is 3. The fourth-order valence-corrected chi connectivity index (χ4v) is 4.01. The van der Waals surface area contributed by atoms with E-state index in [1.165, 1.54) is 4.90 Å². The summed E-state index contributed by atoms with van der Waals surface area (Å²) in [6.45, 7) is 10.4. The molecular formula is C27H39N3O8. The normalized spacial score (nSPS) is 17.2. The molecule has 0 radical (unpaired) electrons. The molecule has 3 amide bonds. The largest absolute Gasteiger partial charge is 0.480 e. The third kappa shape index (κ3) is 9.35. The smallest absolute Gasteiger partial charge is 0.408 e. The highest BCUT2D eigenvalue weighted by Gasteiger charge is 2.43. The van der Waals surface area contributed by atoms with Crippen molar-refractivity contribution in [2.24, 2.45) is 5.41 Å². The lowest BCUT2D eigenvalue weighted by Gasteiger charge is -2.35. The molecule has 1 saturated heterocycles. The van der Waals surface area contributed by atoms with E-state index >= 15 is 0 Å². The molecule has 0 spiro atoms. The van der Waals surface area contributed by atoms with Gasteiger partial charge in [0.2, 0.25) is 11.8 Å². The second kappa shape index (κ2) is 12.7. The molecule has 1 aromatic carbocycles. The number of carboxylic acids is 1. The van der Waals surface area contributed by atoms with Crippen molar-refractivity contribution in [2.75, 3.05) is 6.54 Å². The van der Waals surface area contributed by atoms with Crippen molar-refractivity contribution in [3.05, 3.63) is 35.9 Å². The van der Waals surface area contributed by atoms with Crippen LogP contribution < -0.4 is 10.6 Å². The summed E-state index contributed by atoms with van der Waals surface area (Å²) >= 11 is 0. The molecule has 0 bridgehead atoms. The molecule has 1 aliphatic heterocycles. The second-order valence-corrected chi connectivity index (χ2v) is 11.4. The van der Waals surface area contributed by atoms with E-state index in [1.54, 1.807) is 65.8 Å². The lowest BCUT2D eigenvalue weighted by atomic mass is 9.85. The highest BCUT2D eigenvalue weighted by molar-refractivity contribution is 5.95. The molecule has 1 aliphatic rings. The van der Waals surface area contributed by atoms with Gasteiger partial charge in [-0.1, -0.05) is 51.1 Å². The van der Waals surface area contributed by atoms with Crippen LogP contribution in [0.1, 0.15) is 66.4 Å². The van der Waals surface area contributed by atoms with E-state index in [1.807, 2.05) is 6.07 Å². The Morgan fingerprint density at radius 1 is 1.03 bits per heavy atom. The fourth-order valence-electron chi connectivity index (χ4n) is 4.01. The van der Waals surface area contributed by atoms with Crippen LogP contribution in [0, 0.1) is 5.41 Å². The maximum absolute atomic E-state index is 13.4. The Morgan fingerprint density at radius 3 is 2.21 bits per heavy atom. The Morgan fingerprint density at radius 2 is 1.66 bits per heavy atom. The molecule has 0 saturated carbocycles. The average molecular weight is 534 g/mol. The van der Waals surface area contributed by atoms with E-state index in [2.05, 4.69) is 10.6 Å². The van der Waals surface area contributed by atoms with Crippen LogP contribution in [0.3, 0.4) is 0 Å². The maximum Gasteiger partial charge on any atom is 0.408 e. The van der Waals surface area contributed by atoms with Crippen molar-refractivity contribution < 1.29 is 38.6 Å². The van der Waals surface area contributed by atoms with E-state index in [9.17, 15) is 29.1 Å². The van der Waals surface area contributed by atoms with Crippen LogP contribution in [0.5, 0.6) is 0 Å². The van der Waals surface area contributed by atoms with Gasteiger partial charge >= 0.3 is 18.0 Å². The third-order valence-corrected chi connectivity index (χ3v) is 5.83. The zero-order valence-electron chi connectivity index (χ0n) is 22.9. The van der Waals surface area contributed by atoms with E-state index < -0.39 is 65.4 Å². The van der Waals surface area contributed by atoms with Gasteiger partial charge in [-0.3, -0.25) is 14.4 Å². The van der Waals surface area contributed by atoms with E-state index in [4.69, 9.17) is 9.47 Å². The zero-order chi connectivity index (χ0) is 28.7. The van der Waals surface area contributed by atoms with Gasteiger partial charge < -0.3 is 30.1 Å². The molecule has 38 heavy (non-hydrogen) atoms. The number of hydrogen-bond acceptors (Lipinski definition) is 7. The summed E-state index contributed by atoms with van der Waals surface area (Å²) in [5.74, 6) is -3.18. The fraction of sp³-hybridized carbons (Fsp3) is 0.593. The first-order valence-corrected chi connectivity index (χ1v) is 12.6. The first-order chi connectivity index (χ1) is 17.6. The predicted molar refractivity (Wildman–Crippen MR) is 138 cm³/mol. The SMILES string of the molecule is CC(C)(C)OC(=O)C[C@H](NC(=O)OCc1ccccc1)C(=O)N[C@H](C(=O)N1CCC[C@@H]1C(=O)O)C(C)(C)C. The molecule has 11 heteroatoms. The molecule has 11 nitrogen and oxygen atoms in total. The summed E-state index contributed by atoms with van der Waals surface area (Å²) in [5, 5.41) is 14.6. The van der Waals surface area contributed by atoms with Crippen LogP contribution in [-0.2, 0) is 35.3 Å². The average Bonchev–Trinajstić information content (AvgIpc) is 3.29. The molecule has 0 unspecified atom stereocenters. The zero-order valence-corrected chi connectivity index (χ0v) is 22.9.